The van der Waals surface area contributed by atoms with Crippen LogP contribution in [0.4, 0.5) is 0 Å². The predicted molar refractivity (Wildman–Crippen MR) is 86.9 cm³/mol. The summed E-state index contributed by atoms with van der Waals surface area (Å²) in [5.74, 6) is -0.0906. The molecule has 1 saturated heterocycles. The molecule has 1 aromatic rings. The monoisotopic (exact) mass is 324 g/mol. The van der Waals surface area contributed by atoms with E-state index in [4.69, 9.17) is 0 Å². The maximum absolute atomic E-state index is 12.3. The fourth-order valence-electron chi connectivity index (χ4n) is 2.72. The first-order valence-electron chi connectivity index (χ1n) is 7.59. The topological polar surface area (TPSA) is 66.5 Å². The number of aryl methyl sites for hydroxylation is 1. The van der Waals surface area contributed by atoms with Crippen LogP contribution in [-0.4, -0.2) is 38.0 Å². The number of nitrogens with zero attached hydrogens (tertiary/aromatic N) is 1. The summed E-state index contributed by atoms with van der Waals surface area (Å²) in [5.41, 5.74) is 2.27. The lowest BCUT2D eigenvalue weighted by Gasteiger charge is -2.30. The summed E-state index contributed by atoms with van der Waals surface area (Å²) in [4.78, 5) is 12.3. The molecule has 1 amide bonds. The highest BCUT2D eigenvalue weighted by atomic mass is 32.2. The van der Waals surface area contributed by atoms with Crippen LogP contribution in [0.25, 0.3) is 0 Å². The van der Waals surface area contributed by atoms with Crippen molar-refractivity contribution in [2.75, 3.05) is 19.3 Å². The lowest BCUT2D eigenvalue weighted by atomic mass is 9.96. The highest BCUT2D eigenvalue weighted by Crippen LogP contribution is 2.21. The van der Waals surface area contributed by atoms with Crippen molar-refractivity contribution in [3.05, 3.63) is 35.4 Å². The molecule has 1 aliphatic rings. The van der Waals surface area contributed by atoms with Crippen molar-refractivity contribution in [3.63, 3.8) is 0 Å². The van der Waals surface area contributed by atoms with Gasteiger partial charge in [0.15, 0.2) is 0 Å². The van der Waals surface area contributed by atoms with Crippen LogP contribution < -0.4 is 5.32 Å². The minimum absolute atomic E-state index is 0.0150. The fraction of sp³-hybridized carbons (Fsp3) is 0.562. The summed E-state index contributed by atoms with van der Waals surface area (Å²) >= 11 is 0. The van der Waals surface area contributed by atoms with Crippen LogP contribution in [0.3, 0.4) is 0 Å². The lowest BCUT2D eigenvalue weighted by molar-refractivity contribution is -0.126. The van der Waals surface area contributed by atoms with E-state index >= 15 is 0 Å². The molecule has 0 bridgehead atoms. The van der Waals surface area contributed by atoms with Gasteiger partial charge in [0, 0.05) is 19.0 Å². The zero-order chi connectivity index (χ0) is 16.3. The van der Waals surface area contributed by atoms with Gasteiger partial charge in [-0.25, -0.2) is 12.7 Å². The highest BCUT2D eigenvalue weighted by Gasteiger charge is 2.29. The van der Waals surface area contributed by atoms with Crippen LogP contribution >= 0.6 is 0 Å². The number of carbonyl (C=O) groups excluding carboxylic acids is 1. The minimum atomic E-state index is -3.14. The van der Waals surface area contributed by atoms with Gasteiger partial charge < -0.3 is 5.32 Å². The maximum atomic E-state index is 12.3. The van der Waals surface area contributed by atoms with E-state index in [2.05, 4.69) is 5.32 Å². The van der Waals surface area contributed by atoms with Gasteiger partial charge in [0.25, 0.3) is 0 Å². The van der Waals surface area contributed by atoms with Crippen LogP contribution in [-0.2, 0) is 14.8 Å². The molecule has 0 aromatic heterocycles. The molecule has 1 aromatic carbocycles. The molecule has 5 nitrogen and oxygen atoms in total. The largest absolute Gasteiger partial charge is 0.349 e. The number of hydrogen-bond acceptors (Lipinski definition) is 3. The molecular formula is C16H24N2O3S. The Labute approximate surface area is 132 Å². The third-order valence-electron chi connectivity index (χ3n) is 4.23. The van der Waals surface area contributed by atoms with Crippen LogP contribution in [0.2, 0.25) is 0 Å². The molecule has 0 spiro atoms. The molecule has 2 rings (SSSR count). The quantitative estimate of drug-likeness (QED) is 0.919. The Bertz CT molecular complexity index is 617. The number of amides is 1. The van der Waals surface area contributed by atoms with Gasteiger partial charge in [-0.3, -0.25) is 4.79 Å². The van der Waals surface area contributed by atoms with Gasteiger partial charge in [-0.1, -0.05) is 29.8 Å². The van der Waals surface area contributed by atoms with Crippen molar-refractivity contribution >= 4 is 15.9 Å². The fourth-order valence-corrected chi connectivity index (χ4v) is 3.59. The van der Waals surface area contributed by atoms with E-state index < -0.39 is 10.0 Å². The van der Waals surface area contributed by atoms with Gasteiger partial charge >= 0.3 is 0 Å². The van der Waals surface area contributed by atoms with Gasteiger partial charge in [0.2, 0.25) is 15.9 Å². The summed E-state index contributed by atoms with van der Waals surface area (Å²) in [7, 11) is -3.14. The number of benzene rings is 1. The van der Waals surface area contributed by atoms with Crippen LogP contribution in [0.15, 0.2) is 24.3 Å². The zero-order valence-corrected chi connectivity index (χ0v) is 14.2. The van der Waals surface area contributed by atoms with Gasteiger partial charge in [-0.05, 0) is 32.3 Å². The summed E-state index contributed by atoms with van der Waals surface area (Å²) in [6, 6.07) is 8.06. The van der Waals surface area contributed by atoms with Crippen molar-refractivity contribution in [3.8, 4) is 0 Å². The Balaban J connectivity index is 1.89. The molecule has 22 heavy (non-hydrogen) atoms. The summed E-state index contributed by atoms with van der Waals surface area (Å²) in [5, 5.41) is 3.03. The molecule has 1 heterocycles. The lowest BCUT2D eigenvalue weighted by Crippen LogP contribution is -2.43. The summed E-state index contributed by atoms with van der Waals surface area (Å²) < 4.78 is 24.4. The molecule has 1 atom stereocenters. The molecule has 122 valence electrons. The number of nitrogens with one attached hydrogen (secondary N) is 1. The Morgan fingerprint density at radius 2 is 1.77 bits per heavy atom. The first-order valence-corrected chi connectivity index (χ1v) is 9.44. The molecule has 0 saturated carbocycles. The van der Waals surface area contributed by atoms with Crippen molar-refractivity contribution < 1.29 is 13.2 Å². The number of piperidine rings is 1. The van der Waals surface area contributed by atoms with E-state index in [1.54, 1.807) is 0 Å². The number of carbonyl (C=O) groups is 1. The first-order chi connectivity index (χ1) is 10.3. The Hall–Kier alpha value is -1.40. The van der Waals surface area contributed by atoms with Crippen molar-refractivity contribution in [2.45, 2.75) is 32.7 Å². The number of rotatable bonds is 4. The van der Waals surface area contributed by atoms with E-state index in [9.17, 15) is 13.2 Å². The molecule has 0 radical (unpaired) electrons. The average molecular weight is 324 g/mol. The second-order valence-electron chi connectivity index (χ2n) is 6.08. The summed E-state index contributed by atoms with van der Waals surface area (Å²) in [6.07, 6.45) is 2.38. The molecule has 1 fully saturated rings. The second kappa shape index (κ2) is 6.79. The van der Waals surface area contributed by atoms with Crippen molar-refractivity contribution in [2.24, 2.45) is 5.92 Å². The minimum Gasteiger partial charge on any atom is -0.349 e. The molecule has 0 aliphatic carbocycles. The highest BCUT2D eigenvalue weighted by molar-refractivity contribution is 7.88. The smallest absolute Gasteiger partial charge is 0.223 e. The van der Waals surface area contributed by atoms with Gasteiger partial charge in [-0.15, -0.1) is 0 Å². The van der Waals surface area contributed by atoms with Gasteiger partial charge in [0.1, 0.15) is 0 Å². The molecule has 1 N–H and O–H groups in total. The Morgan fingerprint density at radius 1 is 1.23 bits per heavy atom. The molecule has 0 unspecified atom stereocenters. The predicted octanol–water partition coefficient (Wildman–Crippen LogP) is 1.84. The molecule has 1 aliphatic heterocycles. The Kier molecular flexibility index (Phi) is 5.24. The van der Waals surface area contributed by atoms with E-state index in [-0.39, 0.29) is 17.9 Å². The molecular weight excluding hydrogens is 300 g/mol. The van der Waals surface area contributed by atoms with Gasteiger partial charge in [0.05, 0.1) is 12.3 Å². The standard InChI is InChI=1S/C16H24N2O3S/c1-12-4-6-14(7-5-12)13(2)17-16(19)15-8-10-18(11-9-15)22(3,20)21/h4-7,13,15H,8-11H2,1-3H3,(H,17,19)/t13-/m1/s1. The Morgan fingerprint density at radius 3 is 2.27 bits per heavy atom. The van der Waals surface area contributed by atoms with Crippen LogP contribution in [0.5, 0.6) is 0 Å². The van der Waals surface area contributed by atoms with E-state index in [0.29, 0.717) is 25.9 Å². The maximum Gasteiger partial charge on any atom is 0.223 e. The number of hydrogen-bond donors (Lipinski definition) is 1. The average Bonchev–Trinajstić information content (AvgIpc) is 2.47. The molecule has 6 heteroatoms. The normalized spacial score (nSPS) is 18.9. The second-order valence-corrected chi connectivity index (χ2v) is 8.06. The SMILES string of the molecule is Cc1ccc([C@@H](C)NC(=O)C2CCN(S(C)(=O)=O)CC2)cc1. The first kappa shape index (κ1) is 17.0. The zero-order valence-electron chi connectivity index (χ0n) is 13.4. The number of sulfonamides is 1. The van der Waals surface area contributed by atoms with Crippen molar-refractivity contribution in [1.29, 1.82) is 0 Å². The van der Waals surface area contributed by atoms with Crippen molar-refractivity contribution in [1.82, 2.24) is 9.62 Å². The van der Waals surface area contributed by atoms with Crippen LogP contribution in [0, 0.1) is 12.8 Å². The summed E-state index contributed by atoms with van der Waals surface area (Å²) in [6.45, 7) is 4.85. The third-order valence-corrected chi connectivity index (χ3v) is 5.53. The van der Waals surface area contributed by atoms with Gasteiger partial charge in [-0.2, -0.15) is 0 Å². The van der Waals surface area contributed by atoms with Crippen LogP contribution in [0.1, 0.15) is 36.9 Å². The van der Waals surface area contributed by atoms with E-state index in [0.717, 1.165) is 5.56 Å². The third kappa shape index (κ3) is 4.30. The van der Waals surface area contributed by atoms with E-state index in [1.807, 2.05) is 38.1 Å². The van der Waals surface area contributed by atoms with E-state index in [1.165, 1.54) is 16.1 Å².